The first-order chi connectivity index (χ1) is 5.65. The van der Waals surface area contributed by atoms with Gasteiger partial charge in [0.1, 0.15) is 0 Å². The molecule has 0 heterocycles. The molecule has 0 amide bonds. The molecule has 0 fully saturated rings. The molecule has 3 N–H and O–H groups in total. The third-order valence-electron chi connectivity index (χ3n) is 1.54. The van der Waals surface area contributed by atoms with Crippen molar-refractivity contribution < 1.29 is 9.90 Å². The van der Waals surface area contributed by atoms with Crippen molar-refractivity contribution in [1.82, 2.24) is 0 Å². The summed E-state index contributed by atoms with van der Waals surface area (Å²) < 4.78 is 0.795. The van der Waals surface area contributed by atoms with Crippen molar-refractivity contribution in [2.45, 2.75) is 4.43 Å². The van der Waals surface area contributed by atoms with Gasteiger partial charge >= 0.3 is 5.97 Å². The van der Waals surface area contributed by atoms with Crippen molar-refractivity contribution in [3.8, 4) is 0 Å². The molecule has 0 aliphatic heterocycles. The van der Waals surface area contributed by atoms with Gasteiger partial charge in [0.25, 0.3) is 0 Å². The zero-order chi connectivity index (χ0) is 9.14. The second kappa shape index (κ2) is 3.75. The van der Waals surface area contributed by atoms with E-state index in [9.17, 15) is 4.79 Å². The average Bonchev–Trinajstić information content (AvgIpc) is 2.04. The Morgan fingerprint density at radius 1 is 1.58 bits per heavy atom. The number of carboxylic acids is 1. The molecule has 0 saturated heterocycles. The first-order valence-corrected chi connectivity index (χ1v) is 4.85. The van der Waals surface area contributed by atoms with Crippen LogP contribution in [0.25, 0.3) is 0 Å². The quantitative estimate of drug-likeness (QED) is 0.493. The molecule has 1 rings (SSSR count). The molecular weight excluding hydrogens is 269 g/mol. The molecule has 0 saturated carbocycles. The number of aromatic carboxylic acids is 1. The van der Waals surface area contributed by atoms with E-state index in [1.807, 2.05) is 0 Å². The highest BCUT2D eigenvalue weighted by Gasteiger charge is 2.04. The number of hydrogen-bond acceptors (Lipinski definition) is 2. The maximum atomic E-state index is 10.5. The minimum Gasteiger partial charge on any atom is -0.478 e. The summed E-state index contributed by atoms with van der Waals surface area (Å²) in [4.78, 5) is 10.5. The Labute approximate surface area is 83.7 Å². The van der Waals surface area contributed by atoms with Crippen LogP contribution in [0.3, 0.4) is 0 Å². The van der Waals surface area contributed by atoms with Gasteiger partial charge in [0.15, 0.2) is 0 Å². The summed E-state index contributed by atoms with van der Waals surface area (Å²) in [5.41, 5.74) is 7.36. The van der Waals surface area contributed by atoms with Gasteiger partial charge in [0, 0.05) is 10.1 Å². The van der Waals surface area contributed by atoms with E-state index in [2.05, 4.69) is 22.6 Å². The van der Waals surface area contributed by atoms with E-state index in [-0.39, 0.29) is 5.56 Å². The van der Waals surface area contributed by atoms with E-state index in [0.717, 1.165) is 9.99 Å². The fraction of sp³-hybridized carbons (Fsp3) is 0.125. The van der Waals surface area contributed by atoms with Crippen LogP contribution in [0, 0.1) is 0 Å². The summed E-state index contributed by atoms with van der Waals surface area (Å²) in [5, 5.41) is 8.62. The highest BCUT2D eigenvalue weighted by atomic mass is 127. The van der Waals surface area contributed by atoms with Gasteiger partial charge in [0.2, 0.25) is 0 Å². The largest absolute Gasteiger partial charge is 0.478 e. The van der Waals surface area contributed by atoms with E-state index in [4.69, 9.17) is 10.8 Å². The van der Waals surface area contributed by atoms with Crippen LogP contribution in [0.5, 0.6) is 0 Å². The molecule has 0 aliphatic rings. The Hall–Kier alpha value is -0.780. The number of carbonyl (C=O) groups is 1. The van der Waals surface area contributed by atoms with Crippen LogP contribution in [-0.2, 0) is 4.43 Å². The Bertz CT molecular complexity index is 312. The minimum atomic E-state index is -0.943. The average molecular weight is 277 g/mol. The third-order valence-corrected chi connectivity index (χ3v) is 2.36. The van der Waals surface area contributed by atoms with Crippen molar-refractivity contribution in [3.05, 3.63) is 29.3 Å². The predicted octanol–water partition coefficient (Wildman–Crippen LogP) is 1.90. The lowest BCUT2D eigenvalue weighted by molar-refractivity contribution is 0.0697. The maximum absolute atomic E-state index is 10.5. The Morgan fingerprint density at radius 3 is 2.67 bits per heavy atom. The molecule has 12 heavy (non-hydrogen) atoms. The van der Waals surface area contributed by atoms with Crippen LogP contribution in [0.4, 0.5) is 5.69 Å². The van der Waals surface area contributed by atoms with Crippen LogP contribution in [0.15, 0.2) is 18.2 Å². The predicted molar refractivity (Wildman–Crippen MR) is 55.5 cm³/mol. The fourth-order valence-electron chi connectivity index (χ4n) is 0.850. The summed E-state index contributed by atoms with van der Waals surface area (Å²) in [6.07, 6.45) is 0. The molecule has 0 aliphatic carbocycles. The van der Waals surface area contributed by atoms with Gasteiger partial charge in [-0.1, -0.05) is 28.7 Å². The second-order valence-corrected chi connectivity index (χ2v) is 3.12. The normalized spacial score (nSPS) is 9.75. The number of alkyl halides is 1. The van der Waals surface area contributed by atoms with Gasteiger partial charge < -0.3 is 10.8 Å². The molecule has 1 aromatic rings. The van der Waals surface area contributed by atoms with E-state index < -0.39 is 5.97 Å². The molecule has 1 aromatic carbocycles. The number of rotatable bonds is 2. The van der Waals surface area contributed by atoms with Crippen molar-refractivity contribution in [1.29, 1.82) is 0 Å². The van der Waals surface area contributed by atoms with Crippen LogP contribution in [0.1, 0.15) is 15.9 Å². The first kappa shape index (κ1) is 9.31. The summed E-state index contributed by atoms with van der Waals surface area (Å²) >= 11 is 2.18. The third kappa shape index (κ3) is 1.88. The molecule has 0 atom stereocenters. The Kier molecular flexibility index (Phi) is 2.91. The van der Waals surface area contributed by atoms with Gasteiger partial charge in [0.05, 0.1) is 5.56 Å². The molecule has 0 aromatic heterocycles. The molecule has 0 bridgehead atoms. The van der Waals surface area contributed by atoms with E-state index in [1.54, 1.807) is 12.1 Å². The van der Waals surface area contributed by atoms with E-state index in [0.29, 0.717) is 5.69 Å². The number of hydrogen-bond donors (Lipinski definition) is 2. The number of anilines is 1. The standard InChI is InChI=1S/C8H8INO2/c9-4-6-2-1-5(8(11)12)3-7(6)10/h1-3H,4,10H2,(H,11,12). The minimum absolute atomic E-state index is 0.237. The Balaban J connectivity index is 3.10. The topological polar surface area (TPSA) is 63.3 Å². The zero-order valence-electron chi connectivity index (χ0n) is 6.25. The van der Waals surface area contributed by atoms with Gasteiger partial charge in [-0.05, 0) is 17.7 Å². The van der Waals surface area contributed by atoms with Gasteiger partial charge in [-0.15, -0.1) is 0 Å². The maximum Gasteiger partial charge on any atom is 0.335 e. The van der Waals surface area contributed by atoms with Gasteiger partial charge in [-0.3, -0.25) is 0 Å². The van der Waals surface area contributed by atoms with Crippen molar-refractivity contribution in [2.75, 3.05) is 5.73 Å². The van der Waals surface area contributed by atoms with E-state index >= 15 is 0 Å². The number of nitrogens with two attached hydrogens (primary N) is 1. The number of carboxylic acid groups (broad SMARTS) is 1. The lowest BCUT2D eigenvalue weighted by Gasteiger charge is -2.02. The number of benzene rings is 1. The van der Waals surface area contributed by atoms with Crippen LogP contribution < -0.4 is 5.73 Å². The van der Waals surface area contributed by atoms with Crippen molar-refractivity contribution in [3.63, 3.8) is 0 Å². The molecule has 0 unspecified atom stereocenters. The molecular formula is C8H8INO2. The van der Waals surface area contributed by atoms with Crippen LogP contribution in [0.2, 0.25) is 0 Å². The molecule has 64 valence electrons. The van der Waals surface area contributed by atoms with Crippen molar-refractivity contribution >= 4 is 34.2 Å². The number of halogens is 1. The summed E-state index contributed by atoms with van der Waals surface area (Å²) in [7, 11) is 0. The fourth-order valence-corrected chi connectivity index (χ4v) is 1.54. The second-order valence-electron chi connectivity index (χ2n) is 2.35. The molecule has 0 radical (unpaired) electrons. The molecule has 3 nitrogen and oxygen atoms in total. The Morgan fingerprint density at radius 2 is 2.25 bits per heavy atom. The SMILES string of the molecule is Nc1cc(C(=O)O)ccc1CI. The van der Waals surface area contributed by atoms with Crippen molar-refractivity contribution in [2.24, 2.45) is 0 Å². The summed E-state index contributed by atoms with van der Waals surface area (Å²) in [6.45, 7) is 0. The lowest BCUT2D eigenvalue weighted by atomic mass is 10.1. The smallest absolute Gasteiger partial charge is 0.335 e. The highest BCUT2D eigenvalue weighted by Crippen LogP contribution is 2.17. The summed E-state index contributed by atoms with van der Waals surface area (Å²) in [5.74, 6) is -0.943. The zero-order valence-corrected chi connectivity index (χ0v) is 8.41. The van der Waals surface area contributed by atoms with Gasteiger partial charge in [-0.25, -0.2) is 4.79 Å². The molecule has 4 heteroatoms. The first-order valence-electron chi connectivity index (χ1n) is 3.33. The molecule has 0 spiro atoms. The van der Waals surface area contributed by atoms with E-state index in [1.165, 1.54) is 6.07 Å². The van der Waals surface area contributed by atoms with Crippen LogP contribution >= 0.6 is 22.6 Å². The van der Waals surface area contributed by atoms with Crippen LogP contribution in [-0.4, -0.2) is 11.1 Å². The highest BCUT2D eigenvalue weighted by molar-refractivity contribution is 14.1. The summed E-state index contributed by atoms with van der Waals surface area (Å²) in [6, 6.07) is 4.79. The lowest BCUT2D eigenvalue weighted by Crippen LogP contribution is -1.99. The van der Waals surface area contributed by atoms with Gasteiger partial charge in [-0.2, -0.15) is 0 Å². The number of nitrogen functional groups attached to an aromatic ring is 1. The monoisotopic (exact) mass is 277 g/mol.